The van der Waals surface area contributed by atoms with Crippen molar-refractivity contribution in [3.63, 3.8) is 0 Å². The van der Waals surface area contributed by atoms with Crippen LogP contribution in [-0.2, 0) is 11.3 Å². The van der Waals surface area contributed by atoms with Crippen molar-refractivity contribution in [3.8, 4) is 12.3 Å². The smallest absolute Gasteiger partial charge is 0.231 e. The monoisotopic (exact) mass is 282 g/mol. The molecule has 104 valence electrons. The van der Waals surface area contributed by atoms with Gasteiger partial charge in [-0.25, -0.2) is 4.68 Å². The Balaban J connectivity index is 2.36. The molecule has 19 heavy (non-hydrogen) atoms. The highest BCUT2D eigenvalue weighted by Gasteiger charge is 2.09. The van der Waals surface area contributed by atoms with Crippen molar-refractivity contribution in [1.82, 2.24) is 30.8 Å². The molecule has 0 aliphatic rings. The van der Waals surface area contributed by atoms with Gasteiger partial charge in [0.15, 0.2) is 0 Å². The summed E-state index contributed by atoms with van der Waals surface area (Å²) in [5.41, 5.74) is 0. The number of terminal acetylenes is 1. The molecule has 0 aliphatic carbocycles. The minimum atomic E-state index is -0.127. The topological polar surface area (TPSA) is 84.7 Å². The summed E-state index contributed by atoms with van der Waals surface area (Å²) in [4.78, 5) is 11.4. The summed E-state index contributed by atoms with van der Waals surface area (Å²) in [6.07, 6.45) is 5.06. The van der Waals surface area contributed by atoms with Gasteiger partial charge < -0.3 is 10.6 Å². The maximum atomic E-state index is 11.4. The first-order valence-electron chi connectivity index (χ1n) is 5.96. The van der Waals surface area contributed by atoms with Gasteiger partial charge in [-0.3, -0.25) is 4.79 Å². The molecule has 0 aliphatic heterocycles. The van der Waals surface area contributed by atoms with Crippen LogP contribution in [0, 0.1) is 12.3 Å². The largest absolute Gasteiger partial charge is 0.344 e. The van der Waals surface area contributed by atoms with Crippen LogP contribution in [0.2, 0.25) is 0 Å². The van der Waals surface area contributed by atoms with Gasteiger partial charge in [0.2, 0.25) is 11.1 Å². The second-order valence-electron chi connectivity index (χ2n) is 4.06. The van der Waals surface area contributed by atoms with Crippen molar-refractivity contribution in [2.45, 2.75) is 31.6 Å². The van der Waals surface area contributed by atoms with Gasteiger partial charge in [0.25, 0.3) is 0 Å². The van der Waals surface area contributed by atoms with E-state index in [0.29, 0.717) is 17.7 Å². The predicted octanol–water partition coefficient (Wildman–Crippen LogP) is -0.487. The number of amides is 1. The average Bonchev–Trinajstić information content (AvgIpc) is 2.81. The molecule has 1 amide bonds. The highest BCUT2D eigenvalue weighted by molar-refractivity contribution is 7.99. The summed E-state index contributed by atoms with van der Waals surface area (Å²) in [6.45, 7) is 5.83. The second kappa shape index (κ2) is 8.50. The van der Waals surface area contributed by atoms with Crippen LogP contribution in [0.3, 0.4) is 0 Å². The van der Waals surface area contributed by atoms with E-state index in [1.807, 2.05) is 0 Å². The molecule has 0 saturated heterocycles. The van der Waals surface area contributed by atoms with Crippen molar-refractivity contribution in [2.75, 3.05) is 18.8 Å². The summed E-state index contributed by atoms with van der Waals surface area (Å²) in [5.74, 6) is 2.47. The zero-order chi connectivity index (χ0) is 14.1. The number of nitrogens with one attached hydrogen (secondary N) is 2. The van der Waals surface area contributed by atoms with E-state index in [4.69, 9.17) is 6.42 Å². The first-order valence-corrected chi connectivity index (χ1v) is 6.94. The first kappa shape index (κ1) is 15.5. The molecule has 0 saturated carbocycles. The van der Waals surface area contributed by atoms with Crippen LogP contribution in [0.5, 0.6) is 0 Å². The predicted molar refractivity (Wildman–Crippen MR) is 73.5 cm³/mol. The zero-order valence-corrected chi connectivity index (χ0v) is 11.9. The quantitative estimate of drug-likeness (QED) is 0.494. The van der Waals surface area contributed by atoms with E-state index in [2.05, 4.69) is 45.9 Å². The third-order valence-corrected chi connectivity index (χ3v) is 3.05. The Morgan fingerprint density at radius 1 is 1.58 bits per heavy atom. The maximum absolute atomic E-state index is 11.4. The Bertz CT molecular complexity index is 439. The average molecular weight is 282 g/mol. The zero-order valence-electron chi connectivity index (χ0n) is 11.1. The van der Waals surface area contributed by atoms with E-state index in [-0.39, 0.29) is 18.2 Å². The standard InChI is InChI=1S/C11H18N6OS/c1-4-5-13-10(18)8-19-11-14-15-16-17(11)7-6-12-9(2)3/h1,9,12H,5-8H2,2-3H3,(H,13,18). The molecule has 2 N–H and O–H groups in total. The number of carbonyl (C=O) groups excluding carboxylic acids is 1. The fourth-order valence-corrected chi connectivity index (χ4v) is 1.96. The lowest BCUT2D eigenvalue weighted by molar-refractivity contribution is -0.118. The third kappa shape index (κ3) is 6.22. The van der Waals surface area contributed by atoms with Crippen LogP contribution in [0.15, 0.2) is 5.16 Å². The molecule has 1 aromatic rings. The molecule has 0 fully saturated rings. The molecule has 1 rings (SSSR count). The normalized spacial score (nSPS) is 10.4. The minimum absolute atomic E-state index is 0.127. The summed E-state index contributed by atoms with van der Waals surface area (Å²) >= 11 is 1.29. The van der Waals surface area contributed by atoms with Crippen molar-refractivity contribution in [1.29, 1.82) is 0 Å². The molecule has 1 heterocycles. The van der Waals surface area contributed by atoms with E-state index >= 15 is 0 Å². The molecule has 1 aromatic heterocycles. The lowest BCUT2D eigenvalue weighted by Gasteiger charge is -2.08. The van der Waals surface area contributed by atoms with Gasteiger partial charge in [0.05, 0.1) is 18.8 Å². The van der Waals surface area contributed by atoms with E-state index in [1.165, 1.54) is 11.8 Å². The molecule has 0 bridgehead atoms. The van der Waals surface area contributed by atoms with E-state index in [1.54, 1.807) is 4.68 Å². The first-order chi connectivity index (χ1) is 9.13. The highest BCUT2D eigenvalue weighted by atomic mass is 32.2. The van der Waals surface area contributed by atoms with Gasteiger partial charge in [0, 0.05) is 12.6 Å². The Hall–Kier alpha value is -1.59. The molecule has 0 spiro atoms. The lowest BCUT2D eigenvalue weighted by Crippen LogP contribution is -2.27. The number of nitrogens with zero attached hydrogens (tertiary/aromatic N) is 4. The molecule has 0 atom stereocenters. The van der Waals surface area contributed by atoms with E-state index in [9.17, 15) is 4.79 Å². The SMILES string of the molecule is C#CCNC(=O)CSc1nnnn1CCNC(C)C. The van der Waals surface area contributed by atoms with Crippen molar-refractivity contribution in [2.24, 2.45) is 0 Å². The number of tetrazole rings is 1. The number of rotatable bonds is 8. The number of aromatic nitrogens is 4. The van der Waals surface area contributed by atoms with Crippen molar-refractivity contribution in [3.05, 3.63) is 0 Å². The van der Waals surface area contributed by atoms with Crippen LogP contribution < -0.4 is 10.6 Å². The molecular weight excluding hydrogens is 264 g/mol. The molecule has 7 nitrogen and oxygen atoms in total. The van der Waals surface area contributed by atoms with Gasteiger partial charge >= 0.3 is 0 Å². The molecule has 0 unspecified atom stereocenters. The van der Waals surface area contributed by atoms with Crippen LogP contribution in [0.25, 0.3) is 0 Å². The fraction of sp³-hybridized carbons (Fsp3) is 0.636. The summed E-state index contributed by atoms with van der Waals surface area (Å²) in [5, 5.41) is 17.9. The van der Waals surface area contributed by atoms with Gasteiger partial charge in [-0.2, -0.15) is 0 Å². The number of thioether (sulfide) groups is 1. The summed E-state index contributed by atoms with van der Waals surface area (Å²) in [6, 6.07) is 0.419. The number of carbonyl (C=O) groups is 1. The number of hydrogen-bond donors (Lipinski definition) is 2. The van der Waals surface area contributed by atoms with Crippen molar-refractivity contribution >= 4 is 17.7 Å². The molecule has 0 radical (unpaired) electrons. The highest BCUT2D eigenvalue weighted by Crippen LogP contribution is 2.12. The lowest BCUT2D eigenvalue weighted by atomic mass is 10.4. The second-order valence-corrected chi connectivity index (χ2v) is 5.01. The van der Waals surface area contributed by atoms with Crippen molar-refractivity contribution < 1.29 is 4.79 Å². The van der Waals surface area contributed by atoms with Crippen LogP contribution in [-0.4, -0.2) is 51.0 Å². The Morgan fingerprint density at radius 2 is 2.37 bits per heavy atom. The number of hydrogen-bond acceptors (Lipinski definition) is 6. The fourth-order valence-electron chi connectivity index (χ4n) is 1.23. The van der Waals surface area contributed by atoms with Gasteiger partial charge in [0.1, 0.15) is 0 Å². The summed E-state index contributed by atoms with van der Waals surface area (Å²) < 4.78 is 1.68. The Morgan fingerprint density at radius 3 is 3.05 bits per heavy atom. The van der Waals surface area contributed by atoms with Crippen LogP contribution in [0.1, 0.15) is 13.8 Å². The van der Waals surface area contributed by atoms with Gasteiger partial charge in [-0.15, -0.1) is 11.5 Å². The van der Waals surface area contributed by atoms with Crippen LogP contribution >= 0.6 is 11.8 Å². The van der Waals surface area contributed by atoms with E-state index in [0.717, 1.165) is 6.54 Å². The van der Waals surface area contributed by atoms with E-state index < -0.39 is 0 Å². The van der Waals surface area contributed by atoms with Gasteiger partial charge in [-0.1, -0.05) is 31.5 Å². The van der Waals surface area contributed by atoms with Crippen LogP contribution in [0.4, 0.5) is 0 Å². The molecule has 0 aromatic carbocycles. The maximum Gasteiger partial charge on any atom is 0.231 e. The van der Waals surface area contributed by atoms with Gasteiger partial charge in [-0.05, 0) is 10.4 Å². The molecule has 8 heteroatoms. The minimum Gasteiger partial charge on any atom is -0.344 e. The Labute approximate surface area is 116 Å². The third-order valence-electron chi connectivity index (χ3n) is 2.10. The molecular formula is C11H18N6OS. The summed E-state index contributed by atoms with van der Waals surface area (Å²) in [7, 11) is 0. The Kier molecular flexibility index (Phi) is 6.92.